The summed E-state index contributed by atoms with van der Waals surface area (Å²) in [6, 6.07) is 17.3. The van der Waals surface area contributed by atoms with Gasteiger partial charge in [-0.2, -0.15) is 0 Å². The molecule has 0 bridgehead atoms. The summed E-state index contributed by atoms with van der Waals surface area (Å²) in [6.07, 6.45) is 1.03. The summed E-state index contributed by atoms with van der Waals surface area (Å²) in [7, 11) is 0. The summed E-state index contributed by atoms with van der Waals surface area (Å²) in [5.41, 5.74) is 3.87. The van der Waals surface area contributed by atoms with E-state index >= 15 is 0 Å². The van der Waals surface area contributed by atoms with E-state index in [9.17, 15) is 0 Å². The zero-order valence-corrected chi connectivity index (χ0v) is 12.4. The quantitative estimate of drug-likeness (QED) is 0.855. The van der Waals surface area contributed by atoms with Gasteiger partial charge in [0.05, 0.1) is 0 Å². The Morgan fingerprint density at radius 1 is 1.06 bits per heavy atom. The fourth-order valence-electron chi connectivity index (χ4n) is 2.03. The lowest BCUT2D eigenvalue weighted by Gasteiger charge is -2.17. The number of hydrogen-bond acceptors (Lipinski definition) is 1. The van der Waals surface area contributed by atoms with Crippen molar-refractivity contribution >= 4 is 21.6 Å². The van der Waals surface area contributed by atoms with E-state index in [-0.39, 0.29) is 0 Å². The van der Waals surface area contributed by atoms with Crippen molar-refractivity contribution in [2.45, 2.75) is 26.3 Å². The highest BCUT2D eigenvalue weighted by molar-refractivity contribution is 9.10. The number of benzene rings is 2. The molecule has 2 aromatic carbocycles. The maximum atomic E-state index is 3.56. The van der Waals surface area contributed by atoms with Crippen LogP contribution in [0.15, 0.2) is 53.0 Å². The van der Waals surface area contributed by atoms with Gasteiger partial charge in [0.25, 0.3) is 0 Å². The summed E-state index contributed by atoms with van der Waals surface area (Å²) >= 11 is 3.46. The first-order valence-electron chi connectivity index (χ1n) is 6.22. The highest BCUT2D eigenvalue weighted by Crippen LogP contribution is 2.17. The summed E-state index contributed by atoms with van der Waals surface area (Å²) in [5.74, 6) is 0. The zero-order valence-electron chi connectivity index (χ0n) is 10.8. The van der Waals surface area contributed by atoms with Crippen molar-refractivity contribution in [1.29, 1.82) is 0 Å². The Bertz CT molecular complexity index is 505. The third-order valence-corrected chi connectivity index (χ3v) is 3.53. The van der Waals surface area contributed by atoms with Gasteiger partial charge in [-0.3, -0.25) is 0 Å². The van der Waals surface area contributed by atoms with Crippen molar-refractivity contribution < 1.29 is 0 Å². The van der Waals surface area contributed by atoms with Crippen LogP contribution in [0.4, 0.5) is 5.69 Å². The Kier molecular flexibility index (Phi) is 4.43. The molecule has 0 aromatic heterocycles. The normalized spacial score (nSPS) is 12.2. The second-order valence-electron chi connectivity index (χ2n) is 4.69. The molecule has 0 saturated heterocycles. The average Bonchev–Trinajstić information content (AvgIpc) is 2.35. The van der Waals surface area contributed by atoms with E-state index in [0.29, 0.717) is 6.04 Å². The minimum atomic E-state index is 0.423. The van der Waals surface area contributed by atoms with Crippen molar-refractivity contribution in [3.05, 3.63) is 64.1 Å². The van der Waals surface area contributed by atoms with Gasteiger partial charge in [-0.15, -0.1) is 0 Å². The fourth-order valence-corrected chi connectivity index (χ4v) is 2.29. The molecule has 0 aliphatic heterocycles. The molecule has 2 heteroatoms. The van der Waals surface area contributed by atoms with Crippen molar-refractivity contribution in [3.8, 4) is 0 Å². The molecule has 0 fully saturated rings. The number of hydrogen-bond donors (Lipinski definition) is 1. The Morgan fingerprint density at radius 2 is 1.72 bits per heavy atom. The molecule has 0 aliphatic rings. The number of aryl methyl sites for hydroxylation is 1. The van der Waals surface area contributed by atoms with E-state index in [2.05, 4.69) is 83.6 Å². The predicted octanol–water partition coefficient (Wildman–Crippen LogP) is 4.80. The molecule has 1 nitrogen and oxygen atoms in total. The van der Waals surface area contributed by atoms with Crippen LogP contribution in [0.2, 0.25) is 0 Å². The number of anilines is 1. The van der Waals surface area contributed by atoms with Gasteiger partial charge in [0.1, 0.15) is 0 Å². The molecule has 0 radical (unpaired) electrons. The SMILES string of the molecule is Cc1ccccc1NC(C)Cc1ccc(Br)cc1. The van der Waals surface area contributed by atoms with Crippen LogP contribution in [0.3, 0.4) is 0 Å². The van der Waals surface area contributed by atoms with Crippen molar-refractivity contribution in [3.63, 3.8) is 0 Å². The molecule has 2 rings (SSSR count). The molecule has 2 aromatic rings. The Labute approximate surface area is 117 Å². The molecule has 0 heterocycles. The molecule has 1 atom stereocenters. The Balaban J connectivity index is 1.99. The minimum Gasteiger partial charge on any atom is -0.382 e. The van der Waals surface area contributed by atoms with Gasteiger partial charge >= 0.3 is 0 Å². The first kappa shape index (κ1) is 13.2. The van der Waals surface area contributed by atoms with Gasteiger partial charge in [-0.05, 0) is 49.6 Å². The highest BCUT2D eigenvalue weighted by atomic mass is 79.9. The van der Waals surface area contributed by atoms with Crippen LogP contribution < -0.4 is 5.32 Å². The summed E-state index contributed by atoms with van der Waals surface area (Å²) in [5, 5.41) is 3.56. The van der Waals surface area contributed by atoms with Crippen molar-refractivity contribution in [2.24, 2.45) is 0 Å². The van der Waals surface area contributed by atoms with E-state index in [0.717, 1.165) is 10.9 Å². The second-order valence-corrected chi connectivity index (χ2v) is 5.61. The summed E-state index contributed by atoms with van der Waals surface area (Å²) < 4.78 is 1.13. The molecule has 18 heavy (non-hydrogen) atoms. The van der Waals surface area contributed by atoms with Crippen molar-refractivity contribution in [1.82, 2.24) is 0 Å². The van der Waals surface area contributed by atoms with Gasteiger partial charge < -0.3 is 5.32 Å². The monoisotopic (exact) mass is 303 g/mol. The average molecular weight is 304 g/mol. The highest BCUT2D eigenvalue weighted by Gasteiger charge is 2.05. The number of nitrogens with one attached hydrogen (secondary N) is 1. The van der Waals surface area contributed by atoms with E-state index < -0.39 is 0 Å². The molecular formula is C16H18BrN. The second kappa shape index (κ2) is 6.05. The van der Waals surface area contributed by atoms with Gasteiger partial charge in [-0.25, -0.2) is 0 Å². The van der Waals surface area contributed by atoms with Crippen molar-refractivity contribution in [2.75, 3.05) is 5.32 Å². The Morgan fingerprint density at radius 3 is 2.39 bits per heavy atom. The number of para-hydroxylation sites is 1. The Hall–Kier alpha value is -1.28. The summed E-state index contributed by atoms with van der Waals surface area (Å²) in [6.45, 7) is 4.35. The molecule has 1 N–H and O–H groups in total. The third kappa shape index (κ3) is 3.61. The van der Waals surface area contributed by atoms with E-state index in [1.54, 1.807) is 0 Å². The zero-order chi connectivity index (χ0) is 13.0. The van der Waals surface area contributed by atoms with E-state index in [4.69, 9.17) is 0 Å². The largest absolute Gasteiger partial charge is 0.382 e. The van der Waals surface area contributed by atoms with Crippen LogP contribution in [-0.4, -0.2) is 6.04 Å². The first-order valence-corrected chi connectivity index (χ1v) is 7.01. The standard InChI is InChI=1S/C16H18BrN/c1-12-5-3-4-6-16(12)18-13(2)11-14-7-9-15(17)10-8-14/h3-10,13,18H,11H2,1-2H3. The van der Waals surface area contributed by atoms with Crippen LogP contribution in [0.1, 0.15) is 18.1 Å². The summed E-state index contributed by atoms with van der Waals surface area (Å²) in [4.78, 5) is 0. The maximum absolute atomic E-state index is 3.56. The lowest BCUT2D eigenvalue weighted by molar-refractivity contribution is 0.789. The minimum absolute atomic E-state index is 0.423. The lowest BCUT2D eigenvalue weighted by Crippen LogP contribution is -2.18. The number of rotatable bonds is 4. The smallest absolute Gasteiger partial charge is 0.0372 e. The van der Waals surface area contributed by atoms with Crippen LogP contribution in [0, 0.1) is 6.92 Å². The first-order chi connectivity index (χ1) is 8.65. The van der Waals surface area contributed by atoms with Gasteiger partial charge in [0.15, 0.2) is 0 Å². The van der Waals surface area contributed by atoms with E-state index in [1.807, 2.05) is 0 Å². The van der Waals surface area contributed by atoms with E-state index in [1.165, 1.54) is 16.8 Å². The van der Waals surface area contributed by atoms with Crippen LogP contribution in [-0.2, 0) is 6.42 Å². The lowest BCUT2D eigenvalue weighted by atomic mass is 10.1. The van der Waals surface area contributed by atoms with Crippen LogP contribution in [0.25, 0.3) is 0 Å². The molecule has 94 valence electrons. The van der Waals surface area contributed by atoms with Crippen LogP contribution in [0.5, 0.6) is 0 Å². The van der Waals surface area contributed by atoms with Crippen LogP contribution >= 0.6 is 15.9 Å². The predicted molar refractivity (Wildman–Crippen MR) is 82.1 cm³/mol. The van der Waals surface area contributed by atoms with Gasteiger partial charge in [0.2, 0.25) is 0 Å². The molecule has 0 saturated carbocycles. The molecule has 0 amide bonds. The molecular weight excluding hydrogens is 286 g/mol. The molecule has 0 aliphatic carbocycles. The van der Waals surface area contributed by atoms with Gasteiger partial charge in [-0.1, -0.05) is 46.3 Å². The molecule has 0 spiro atoms. The topological polar surface area (TPSA) is 12.0 Å². The molecule has 1 unspecified atom stereocenters. The maximum Gasteiger partial charge on any atom is 0.0372 e. The number of halogens is 1. The fraction of sp³-hybridized carbons (Fsp3) is 0.250. The third-order valence-electron chi connectivity index (χ3n) is 3.00. The van der Waals surface area contributed by atoms with Gasteiger partial charge in [0, 0.05) is 16.2 Å².